The van der Waals surface area contributed by atoms with Gasteiger partial charge in [0.25, 0.3) is 0 Å². The van der Waals surface area contributed by atoms with E-state index in [2.05, 4.69) is 25.0 Å². The van der Waals surface area contributed by atoms with Crippen molar-refractivity contribution in [2.45, 2.75) is 26.0 Å². The molecule has 0 radical (unpaired) electrons. The van der Waals surface area contributed by atoms with Crippen molar-refractivity contribution >= 4 is 33.7 Å². The van der Waals surface area contributed by atoms with E-state index in [1.807, 2.05) is 42.1 Å². The third-order valence-corrected chi connectivity index (χ3v) is 6.60. The van der Waals surface area contributed by atoms with Crippen molar-refractivity contribution in [3.8, 4) is 22.8 Å². The number of nitrogens with one attached hydrogen (secondary N) is 1. The molecule has 6 rings (SSSR count). The molecule has 0 bridgehead atoms. The molecule has 1 atom stereocenters. The van der Waals surface area contributed by atoms with E-state index < -0.39 is 0 Å². The number of β-amino-alcohol motifs (C(OH)–C–C–N with tert-alkyl or cyclic N) is 1. The lowest BCUT2D eigenvalue weighted by Gasteiger charge is -2.14. The van der Waals surface area contributed by atoms with Gasteiger partial charge in [-0.05, 0) is 37.6 Å². The molecule has 1 aliphatic rings. The molecule has 9 nitrogen and oxygen atoms in total. The summed E-state index contributed by atoms with van der Waals surface area (Å²) in [7, 11) is 0. The van der Waals surface area contributed by atoms with Crippen molar-refractivity contribution in [2.75, 3.05) is 19.6 Å². The van der Waals surface area contributed by atoms with Crippen LogP contribution >= 0.6 is 11.6 Å². The molecule has 0 spiro atoms. The van der Waals surface area contributed by atoms with Gasteiger partial charge in [-0.2, -0.15) is 5.10 Å². The van der Waals surface area contributed by atoms with E-state index in [1.165, 1.54) is 0 Å². The largest absolute Gasteiger partial charge is 0.456 e. The predicted molar refractivity (Wildman–Crippen MR) is 134 cm³/mol. The van der Waals surface area contributed by atoms with E-state index >= 15 is 0 Å². The summed E-state index contributed by atoms with van der Waals surface area (Å²) < 4.78 is 7.98. The number of ether oxygens (including phenoxy) is 1. The van der Waals surface area contributed by atoms with E-state index in [0.717, 1.165) is 55.0 Å². The van der Waals surface area contributed by atoms with Crippen LogP contribution in [0.1, 0.15) is 12.2 Å². The molecule has 2 aromatic carbocycles. The predicted octanol–water partition coefficient (Wildman–Crippen LogP) is 4.19. The number of aromatic amines is 1. The summed E-state index contributed by atoms with van der Waals surface area (Å²) in [5.41, 5.74) is 4.59. The third kappa shape index (κ3) is 4.45. The topological polar surface area (TPSA) is 105 Å². The Bertz CT molecular complexity index is 1530. The van der Waals surface area contributed by atoms with Crippen LogP contribution < -0.4 is 4.74 Å². The molecular formula is C25H24ClN7O2. The third-order valence-electron chi connectivity index (χ3n) is 6.24. The van der Waals surface area contributed by atoms with Gasteiger partial charge in [0.2, 0.25) is 0 Å². The van der Waals surface area contributed by atoms with Gasteiger partial charge < -0.3 is 14.8 Å². The highest BCUT2D eigenvalue weighted by atomic mass is 35.5. The SMILES string of the molecule is Cc1nc2ccc(Oc3ccc4ncc(-c5cnn(CCN6CCC(O)C6)c5)nc4c3Cl)cc2[nH]1. The fourth-order valence-corrected chi connectivity index (χ4v) is 4.67. The maximum Gasteiger partial charge on any atom is 0.148 e. The van der Waals surface area contributed by atoms with Crippen molar-refractivity contribution < 1.29 is 9.84 Å². The van der Waals surface area contributed by atoms with Crippen LogP contribution in [0.5, 0.6) is 11.5 Å². The van der Waals surface area contributed by atoms with Gasteiger partial charge in [0.05, 0.1) is 47.3 Å². The number of aryl methyl sites for hydroxylation is 1. The fourth-order valence-electron chi connectivity index (χ4n) is 4.43. The molecule has 10 heteroatoms. The van der Waals surface area contributed by atoms with Crippen LogP contribution in [0.3, 0.4) is 0 Å². The fraction of sp³-hybridized carbons (Fsp3) is 0.280. The van der Waals surface area contributed by atoms with Gasteiger partial charge in [-0.1, -0.05) is 11.6 Å². The van der Waals surface area contributed by atoms with Crippen LogP contribution in [0.4, 0.5) is 0 Å². The number of rotatable bonds is 6. The minimum absolute atomic E-state index is 0.216. The number of fused-ring (bicyclic) bond motifs is 2. The van der Waals surface area contributed by atoms with Gasteiger partial charge in [-0.15, -0.1) is 0 Å². The molecule has 2 N–H and O–H groups in total. The number of halogens is 1. The molecule has 5 aromatic rings. The first-order valence-corrected chi connectivity index (χ1v) is 11.9. The Morgan fingerprint density at radius 1 is 1.14 bits per heavy atom. The molecule has 178 valence electrons. The number of H-pyrrole nitrogens is 1. The minimum Gasteiger partial charge on any atom is -0.456 e. The molecule has 0 aliphatic carbocycles. The maximum atomic E-state index is 9.70. The van der Waals surface area contributed by atoms with E-state index in [0.29, 0.717) is 33.2 Å². The zero-order valence-electron chi connectivity index (χ0n) is 19.1. The monoisotopic (exact) mass is 489 g/mol. The molecule has 1 fully saturated rings. The van der Waals surface area contributed by atoms with Crippen molar-refractivity contribution in [1.82, 2.24) is 34.6 Å². The first-order valence-electron chi connectivity index (χ1n) is 11.5. The Hall–Kier alpha value is -3.53. The van der Waals surface area contributed by atoms with Crippen LogP contribution in [0.15, 0.2) is 48.9 Å². The van der Waals surface area contributed by atoms with Crippen molar-refractivity contribution in [3.05, 3.63) is 59.8 Å². The molecule has 3 aromatic heterocycles. The van der Waals surface area contributed by atoms with E-state index in [4.69, 9.17) is 21.3 Å². The van der Waals surface area contributed by atoms with Crippen LogP contribution in [0, 0.1) is 6.92 Å². The molecule has 35 heavy (non-hydrogen) atoms. The van der Waals surface area contributed by atoms with Crippen LogP contribution in [-0.2, 0) is 6.54 Å². The Balaban J connectivity index is 1.24. The van der Waals surface area contributed by atoms with E-state index in [9.17, 15) is 5.11 Å². The second kappa shape index (κ2) is 8.92. The summed E-state index contributed by atoms with van der Waals surface area (Å²) >= 11 is 6.72. The maximum absolute atomic E-state index is 9.70. The lowest BCUT2D eigenvalue weighted by Crippen LogP contribution is -2.26. The Kier molecular flexibility index (Phi) is 5.60. The highest BCUT2D eigenvalue weighted by Gasteiger charge is 2.19. The van der Waals surface area contributed by atoms with Crippen LogP contribution in [-0.4, -0.2) is 65.5 Å². The average Bonchev–Trinajstić information content (AvgIpc) is 3.58. The minimum atomic E-state index is -0.216. The summed E-state index contributed by atoms with van der Waals surface area (Å²) in [6.07, 6.45) is 6.09. The quantitative estimate of drug-likeness (QED) is 0.368. The summed E-state index contributed by atoms with van der Waals surface area (Å²) in [5.74, 6) is 2.00. The standard InChI is InChI=1S/C25H24ClN7O2/c1-15-29-19-3-2-18(10-21(19)30-15)35-23-5-4-20-25(24(23)26)31-22(12-27-20)16-11-28-33(13-16)9-8-32-7-6-17(34)14-32/h2-5,10-13,17,34H,6-9,14H2,1H3,(H,29,30). The number of likely N-dealkylation sites (tertiary alicyclic amines) is 1. The number of aliphatic hydroxyl groups is 1. The van der Waals surface area contributed by atoms with Crippen LogP contribution in [0.25, 0.3) is 33.3 Å². The Morgan fingerprint density at radius 2 is 2.03 bits per heavy atom. The molecule has 1 unspecified atom stereocenters. The molecule has 1 aliphatic heterocycles. The zero-order valence-corrected chi connectivity index (χ0v) is 19.9. The lowest BCUT2D eigenvalue weighted by atomic mass is 10.2. The molecule has 4 heterocycles. The molecule has 0 saturated carbocycles. The van der Waals surface area contributed by atoms with Gasteiger partial charge in [0.15, 0.2) is 0 Å². The number of hydrogen-bond donors (Lipinski definition) is 2. The molecular weight excluding hydrogens is 466 g/mol. The summed E-state index contributed by atoms with van der Waals surface area (Å²) in [4.78, 5) is 19.2. The van der Waals surface area contributed by atoms with E-state index in [-0.39, 0.29) is 6.10 Å². The molecule has 0 amide bonds. The van der Waals surface area contributed by atoms with Crippen molar-refractivity contribution in [3.63, 3.8) is 0 Å². The number of aromatic nitrogens is 6. The van der Waals surface area contributed by atoms with Gasteiger partial charge in [0.1, 0.15) is 27.9 Å². The number of nitrogens with zero attached hydrogens (tertiary/aromatic N) is 6. The number of imidazole rings is 1. The normalized spacial score (nSPS) is 16.5. The summed E-state index contributed by atoms with van der Waals surface area (Å²) in [6.45, 7) is 5.15. The average molecular weight is 490 g/mol. The second-order valence-electron chi connectivity index (χ2n) is 8.84. The highest BCUT2D eigenvalue weighted by molar-refractivity contribution is 6.36. The van der Waals surface area contributed by atoms with Gasteiger partial charge >= 0.3 is 0 Å². The van der Waals surface area contributed by atoms with Gasteiger partial charge in [-0.25, -0.2) is 9.97 Å². The second-order valence-corrected chi connectivity index (χ2v) is 9.22. The molecule has 1 saturated heterocycles. The van der Waals surface area contributed by atoms with Gasteiger partial charge in [0, 0.05) is 37.5 Å². The smallest absolute Gasteiger partial charge is 0.148 e. The number of aliphatic hydroxyl groups excluding tert-OH is 1. The van der Waals surface area contributed by atoms with Crippen molar-refractivity contribution in [2.24, 2.45) is 0 Å². The number of benzene rings is 2. The highest BCUT2D eigenvalue weighted by Crippen LogP contribution is 2.35. The van der Waals surface area contributed by atoms with E-state index in [1.54, 1.807) is 18.5 Å². The first kappa shape index (κ1) is 22.0. The first-order chi connectivity index (χ1) is 17.0. The lowest BCUT2D eigenvalue weighted by molar-refractivity contribution is 0.174. The summed E-state index contributed by atoms with van der Waals surface area (Å²) in [5, 5.41) is 14.6. The van der Waals surface area contributed by atoms with Crippen molar-refractivity contribution in [1.29, 1.82) is 0 Å². The zero-order chi connectivity index (χ0) is 23.9. The summed E-state index contributed by atoms with van der Waals surface area (Å²) in [6, 6.07) is 9.32. The van der Waals surface area contributed by atoms with Gasteiger partial charge in [-0.3, -0.25) is 14.6 Å². The number of hydrogen-bond acceptors (Lipinski definition) is 7. The Labute approximate surface area is 206 Å². The van der Waals surface area contributed by atoms with Crippen LogP contribution in [0.2, 0.25) is 5.02 Å². The Morgan fingerprint density at radius 3 is 2.89 bits per heavy atom.